The number of nitrogens with zero attached hydrogens (tertiary/aromatic N) is 1. The molecule has 0 fully saturated rings. The van der Waals surface area contributed by atoms with Crippen molar-refractivity contribution in [2.75, 3.05) is 18.6 Å². The van der Waals surface area contributed by atoms with Crippen LogP contribution in [0.3, 0.4) is 0 Å². The number of rotatable bonds is 1. The van der Waals surface area contributed by atoms with E-state index in [1.165, 1.54) is 12.0 Å². The average molecular weight is 240 g/mol. The van der Waals surface area contributed by atoms with Gasteiger partial charge in [0.2, 0.25) is 0 Å². The smallest absolute Gasteiger partial charge is 0.338 e. The van der Waals surface area contributed by atoms with E-state index in [4.69, 9.17) is 11.6 Å². The molecule has 0 aromatic heterocycles. The Morgan fingerprint density at radius 2 is 2.19 bits per heavy atom. The van der Waals surface area contributed by atoms with Crippen LogP contribution in [-0.2, 0) is 11.2 Å². The maximum Gasteiger partial charge on any atom is 0.338 e. The van der Waals surface area contributed by atoms with E-state index in [9.17, 15) is 9.59 Å². The highest BCUT2D eigenvalue weighted by atomic mass is 35.5. The standard InChI is InChI=1S/C11H10ClNO3/c1-16-10(14)8-3-2-4-9-7(8)5-6-13(9)11(12)15/h2-4H,5-6H2,1H3. The number of methoxy groups -OCH3 is 1. The highest BCUT2D eigenvalue weighted by Gasteiger charge is 2.27. The third kappa shape index (κ3) is 1.65. The third-order valence-corrected chi connectivity index (χ3v) is 2.85. The van der Waals surface area contributed by atoms with Crippen LogP contribution in [0, 0.1) is 0 Å². The van der Waals surface area contributed by atoms with Crippen LogP contribution < -0.4 is 4.90 Å². The van der Waals surface area contributed by atoms with E-state index in [0.29, 0.717) is 24.2 Å². The lowest BCUT2D eigenvalue weighted by molar-refractivity contribution is 0.0599. The first-order valence-corrected chi connectivity index (χ1v) is 5.20. The predicted molar refractivity (Wildman–Crippen MR) is 60.1 cm³/mol. The summed E-state index contributed by atoms with van der Waals surface area (Å²) in [5.74, 6) is -0.388. The zero-order valence-electron chi connectivity index (χ0n) is 8.70. The quantitative estimate of drug-likeness (QED) is 0.429. The van der Waals surface area contributed by atoms with Gasteiger partial charge in [0.25, 0.3) is 0 Å². The SMILES string of the molecule is COC(=O)c1cccc2c1CCN2C(=O)Cl. The molecular formula is C11H10ClNO3. The highest BCUT2D eigenvalue weighted by Crippen LogP contribution is 2.31. The minimum Gasteiger partial charge on any atom is -0.465 e. The second kappa shape index (κ2) is 4.14. The first-order chi connectivity index (χ1) is 7.65. The van der Waals surface area contributed by atoms with E-state index in [-0.39, 0.29) is 5.97 Å². The van der Waals surface area contributed by atoms with Crippen molar-refractivity contribution in [2.45, 2.75) is 6.42 Å². The summed E-state index contributed by atoms with van der Waals surface area (Å²) in [7, 11) is 1.33. The van der Waals surface area contributed by atoms with Gasteiger partial charge in [0, 0.05) is 12.2 Å². The van der Waals surface area contributed by atoms with Gasteiger partial charge in [-0.1, -0.05) is 6.07 Å². The molecule has 16 heavy (non-hydrogen) atoms. The van der Waals surface area contributed by atoms with Gasteiger partial charge >= 0.3 is 11.3 Å². The van der Waals surface area contributed by atoms with Gasteiger partial charge in [0.1, 0.15) is 0 Å². The van der Waals surface area contributed by atoms with Crippen molar-refractivity contribution in [2.24, 2.45) is 0 Å². The van der Waals surface area contributed by atoms with Crippen LogP contribution in [0.1, 0.15) is 15.9 Å². The number of hydrogen-bond acceptors (Lipinski definition) is 3. The molecule has 0 N–H and O–H groups in total. The first kappa shape index (κ1) is 11.0. The normalized spacial score (nSPS) is 13.5. The van der Waals surface area contributed by atoms with Crippen LogP contribution in [0.25, 0.3) is 0 Å². The fourth-order valence-corrected chi connectivity index (χ4v) is 2.09. The number of carbonyl (C=O) groups is 2. The van der Waals surface area contributed by atoms with Crippen LogP contribution in [0.2, 0.25) is 0 Å². The summed E-state index contributed by atoms with van der Waals surface area (Å²) in [6, 6.07) is 5.17. The summed E-state index contributed by atoms with van der Waals surface area (Å²) in [5.41, 5.74) is 2.02. The molecule has 0 saturated carbocycles. The second-order valence-electron chi connectivity index (χ2n) is 3.45. The molecule has 0 unspecified atom stereocenters. The van der Waals surface area contributed by atoms with Crippen LogP contribution in [0.15, 0.2) is 18.2 Å². The van der Waals surface area contributed by atoms with Gasteiger partial charge in [-0.25, -0.2) is 4.79 Å². The maximum atomic E-state index is 11.5. The zero-order valence-corrected chi connectivity index (χ0v) is 9.45. The molecule has 5 heteroatoms. The Labute approximate surface area is 97.7 Å². The number of halogens is 1. The van der Waals surface area contributed by atoms with Gasteiger partial charge in [-0.05, 0) is 35.7 Å². The third-order valence-electron chi connectivity index (χ3n) is 2.65. The van der Waals surface area contributed by atoms with Crippen molar-refractivity contribution in [3.8, 4) is 0 Å². The first-order valence-electron chi connectivity index (χ1n) is 4.82. The highest BCUT2D eigenvalue weighted by molar-refractivity contribution is 6.66. The largest absolute Gasteiger partial charge is 0.465 e. The molecular weight excluding hydrogens is 230 g/mol. The van der Waals surface area contributed by atoms with Crippen molar-refractivity contribution in [3.05, 3.63) is 29.3 Å². The number of esters is 1. The Balaban J connectivity index is 2.47. The van der Waals surface area contributed by atoms with Gasteiger partial charge in [-0.2, -0.15) is 0 Å². The Morgan fingerprint density at radius 1 is 1.44 bits per heavy atom. The van der Waals surface area contributed by atoms with Crippen molar-refractivity contribution < 1.29 is 14.3 Å². The lowest BCUT2D eigenvalue weighted by atomic mass is 10.1. The molecule has 1 aromatic rings. The molecule has 1 aliphatic heterocycles. The summed E-state index contributed by atoms with van der Waals surface area (Å²) in [4.78, 5) is 24.1. The zero-order chi connectivity index (χ0) is 11.7. The van der Waals surface area contributed by atoms with Crippen molar-refractivity contribution >= 4 is 28.6 Å². The van der Waals surface area contributed by atoms with Crippen LogP contribution in [0.4, 0.5) is 10.5 Å². The fraction of sp³-hybridized carbons (Fsp3) is 0.273. The number of benzene rings is 1. The Bertz CT molecular complexity index is 459. The van der Waals surface area contributed by atoms with Crippen molar-refractivity contribution in [1.29, 1.82) is 0 Å². The molecule has 0 radical (unpaired) electrons. The molecule has 0 saturated heterocycles. The molecule has 2 rings (SSSR count). The number of hydrogen-bond donors (Lipinski definition) is 0. The van der Waals surface area contributed by atoms with Gasteiger partial charge in [0.05, 0.1) is 12.7 Å². The number of carbonyl (C=O) groups excluding carboxylic acids is 2. The van der Waals surface area contributed by atoms with Gasteiger partial charge in [0.15, 0.2) is 0 Å². The van der Waals surface area contributed by atoms with E-state index >= 15 is 0 Å². The summed E-state index contributed by atoms with van der Waals surface area (Å²) >= 11 is 5.45. The summed E-state index contributed by atoms with van der Waals surface area (Å²) in [5, 5.41) is -0.527. The van der Waals surface area contributed by atoms with Crippen LogP contribution >= 0.6 is 11.6 Å². The summed E-state index contributed by atoms with van der Waals surface area (Å²) < 4.78 is 4.68. The number of fused-ring (bicyclic) bond motifs is 1. The van der Waals surface area contributed by atoms with Crippen LogP contribution in [0.5, 0.6) is 0 Å². The molecule has 0 atom stereocenters. The average Bonchev–Trinajstić information content (AvgIpc) is 2.71. The Morgan fingerprint density at radius 3 is 2.81 bits per heavy atom. The van der Waals surface area contributed by atoms with Gasteiger partial charge in [-0.3, -0.25) is 9.69 Å². The molecule has 1 aliphatic rings. The molecule has 0 bridgehead atoms. The lowest BCUT2D eigenvalue weighted by Crippen LogP contribution is -2.22. The molecule has 1 aromatic carbocycles. The van der Waals surface area contributed by atoms with E-state index in [1.54, 1.807) is 18.2 Å². The molecule has 4 nitrogen and oxygen atoms in total. The molecule has 0 aliphatic carbocycles. The number of anilines is 1. The van der Waals surface area contributed by atoms with Crippen molar-refractivity contribution in [1.82, 2.24) is 0 Å². The van der Waals surface area contributed by atoms with E-state index in [1.807, 2.05) is 0 Å². The molecule has 0 spiro atoms. The summed E-state index contributed by atoms with van der Waals surface area (Å²) in [6.45, 7) is 0.506. The van der Waals surface area contributed by atoms with E-state index < -0.39 is 5.37 Å². The Hall–Kier alpha value is -1.55. The van der Waals surface area contributed by atoms with Gasteiger partial charge in [-0.15, -0.1) is 0 Å². The Kier molecular flexibility index (Phi) is 2.83. The minimum absolute atomic E-state index is 0.388. The molecule has 1 amide bonds. The topological polar surface area (TPSA) is 46.6 Å². The van der Waals surface area contributed by atoms with E-state index in [0.717, 1.165) is 5.56 Å². The maximum absolute atomic E-state index is 11.5. The minimum atomic E-state index is -0.527. The predicted octanol–water partition coefficient (Wildman–Crippen LogP) is 2.19. The van der Waals surface area contributed by atoms with Gasteiger partial charge < -0.3 is 4.74 Å². The number of amides is 1. The van der Waals surface area contributed by atoms with E-state index in [2.05, 4.69) is 4.74 Å². The fourth-order valence-electron chi connectivity index (χ4n) is 1.92. The van der Waals surface area contributed by atoms with Crippen molar-refractivity contribution in [3.63, 3.8) is 0 Å². The number of ether oxygens (including phenoxy) is 1. The second-order valence-corrected chi connectivity index (χ2v) is 3.77. The monoisotopic (exact) mass is 239 g/mol. The molecule has 1 heterocycles. The van der Waals surface area contributed by atoms with Crippen LogP contribution in [-0.4, -0.2) is 25.0 Å². The summed E-state index contributed by atoms with van der Waals surface area (Å²) in [6.07, 6.45) is 0.624. The molecule has 84 valence electrons. The lowest BCUT2D eigenvalue weighted by Gasteiger charge is -2.13.